The van der Waals surface area contributed by atoms with Crippen molar-refractivity contribution in [2.24, 2.45) is 5.73 Å². The standard InChI is InChI=1S/C16H18F2N2/c1-3-20(14-7-5-13(17)6-8-14)16-9-4-12(11(2)19)10-15(16)18/h4-11H,3,19H2,1-2H3/t11-/m0/s1. The van der Waals surface area contributed by atoms with Gasteiger partial charge in [-0.3, -0.25) is 0 Å². The molecular formula is C16H18F2N2. The van der Waals surface area contributed by atoms with Crippen molar-refractivity contribution in [3.8, 4) is 0 Å². The summed E-state index contributed by atoms with van der Waals surface area (Å²) in [6, 6.07) is 10.8. The molecule has 0 fully saturated rings. The molecule has 0 saturated heterocycles. The minimum absolute atomic E-state index is 0.209. The summed E-state index contributed by atoms with van der Waals surface area (Å²) in [5.74, 6) is -0.636. The Morgan fingerprint density at radius 3 is 2.25 bits per heavy atom. The van der Waals surface area contributed by atoms with Gasteiger partial charge in [-0.05, 0) is 55.8 Å². The molecule has 0 bridgehead atoms. The van der Waals surface area contributed by atoms with Gasteiger partial charge >= 0.3 is 0 Å². The maximum atomic E-state index is 14.2. The van der Waals surface area contributed by atoms with Crippen molar-refractivity contribution in [3.63, 3.8) is 0 Å². The molecule has 2 aromatic carbocycles. The van der Waals surface area contributed by atoms with Crippen LogP contribution >= 0.6 is 0 Å². The van der Waals surface area contributed by atoms with Gasteiger partial charge < -0.3 is 10.6 Å². The zero-order valence-electron chi connectivity index (χ0n) is 11.6. The second-order valence-corrected chi connectivity index (χ2v) is 4.72. The first-order valence-corrected chi connectivity index (χ1v) is 6.61. The molecule has 2 rings (SSSR count). The van der Waals surface area contributed by atoms with Crippen LogP contribution < -0.4 is 10.6 Å². The van der Waals surface area contributed by atoms with Crippen molar-refractivity contribution in [2.75, 3.05) is 11.4 Å². The van der Waals surface area contributed by atoms with Gasteiger partial charge in [-0.1, -0.05) is 6.07 Å². The lowest BCUT2D eigenvalue weighted by molar-refractivity contribution is 0.619. The number of anilines is 2. The summed E-state index contributed by atoms with van der Waals surface area (Å²) >= 11 is 0. The normalized spacial score (nSPS) is 12.2. The lowest BCUT2D eigenvalue weighted by atomic mass is 10.1. The Kier molecular flexibility index (Phi) is 4.35. The van der Waals surface area contributed by atoms with Crippen LogP contribution in [0.1, 0.15) is 25.5 Å². The van der Waals surface area contributed by atoms with Gasteiger partial charge in [-0.25, -0.2) is 8.78 Å². The highest BCUT2D eigenvalue weighted by Gasteiger charge is 2.13. The third kappa shape index (κ3) is 2.96. The number of halogens is 2. The molecule has 1 atom stereocenters. The zero-order valence-corrected chi connectivity index (χ0v) is 11.6. The average molecular weight is 276 g/mol. The lowest BCUT2D eigenvalue weighted by Crippen LogP contribution is -2.18. The van der Waals surface area contributed by atoms with E-state index in [4.69, 9.17) is 5.73 Å². The van der Waals surface area contributed by atoms with Crippen LogP contribution in [0.5, 0.6) is 0 Å². The van der Waals surface area contributed by atoms with Gasteiger partial charge in [-0.15, -0.1) is 0 Å². The molecule has 0 amide bonds. The van der Waals surface area contributed by atoms with E-state index in [1.807, 2.05) is 19.9 Å². The SMILES string of the molecule is CCN(c1ccc(F)cc1)c1ccc([C@H](C)N)cc1F. The van der Waals surface area contributed by atoms with E-state index in [0.29, 0.717) is 12.2 Å². The number of nitrogens with two attached hydrogens (primary N) is 1. The molecular weight excluding hydrogens is 258 g/mol. The molecule has 0 aliphatic rings. The fourth-order valence-electron chi connectivity index (χ4n) is 2.14. The van der Waals surface area contributed by atoms with Crippen LogP contribution in [0.15, 0.2) is 42.5 Å². The first kappa shape index (κ1) is 14.5. The summed E-state index contributed by atoms with van der Waals surface area (Å²) < 4.78 is 27.2. The Hall–Kier alpha value is -1.94. The number of hydrogen-bond acceptors (Lipinski definition) is 2. The second kappa shape index (κ2) is 6.01. The van der Waals surface area contributed by atoms with Crippen LogP contribution in [0.4, 0.5) is 20.2 Å². The van der Waals surface area contributed by atoms with Gasteiger partial charge in [0.25, 0.3) is 0 Å². The molecule has 2 aromatic rings. The molecule has 0 heterocycles. The summed E-state index contributed by atoms with van der Waals surface area (Å²) in [5, 5.41) is 0. The molecule has 0 unspecified atom stereocenters. The van der Waals surface area contributed by atoms with Crippen molar-refractivity contribution in [2.45, 2.75) is 19.9 Å². The fourth-order valence-corrected chi connectivity index (χ4v) is 2.14. The van der Waals surface area contributed by atoms with E-state index in [9.17, 15) is 8.78 Å². The second-order valence-electron chi connectivity index (χ2n) is 4.72. The highest BCUT2D eigenvalue weighted by molar-refractivity contribution is 5.64. The minimum atomic E-state index is -0.328. The summed E-state index contributed by atoms with van der Waals surface area (Å²) in [7, 11) is 0. The predicted molar refractivity (Wildman–Crippen MR) is 78.1 cm³/mol. The largest absolute Gasteiger partial charge is 0.339 e. The highest BCUT2D eigenvalue weighted by atomic mass is 19.1. The molecule has 0 aromatic heterocycles. The van der Waals surface area contributed by atoms with Crippen molar-refractivity contribution in [3.05, 3.63) is 59.7 Å². The number of rotatable bonds is 4. The highest BCUT2D eigenvalue weighted by Crippen LogP contribution is 2.29. The molecule has 20 heavy (non-hydrogen) atoms. The van der Waals surface area contributed by atoms with Crippen LogP contribution in [0, 0.1) is 11.6 Å². The van der Waals surface area contributed by atoms with E-state index in [1.54, 1.807) is 23.1 Å². The van der Waals surface area contributed by atoms with E-state index < -0.39 is 0 Å². The maximum absolute atomic E-state index is 14.2. The Labute approximate surface area is 117 Å². The summed E-state index contributed by atoms with van der Waals surface area (Å²) in [5.41, 5.74) is 7.71. The van der Waals surface area contributed by atoms with E-state index in [2.05, 4.69) is 0 Å². The third-order valence-electron chi connectivity index (χ3n) is 3.24. The van der Waals surface area contributed by atoms with E-state index in [-0.39, 0.29) is 17.7 Å². The Morgan fingerprint density at radius 1 is 1.10 bits per heavy atom. The van der Waals surface area contributed by atoms with Crippen molar-refractivity contribution < 1.29 is 8.78 Å². The molecule has 0 aliphatic carbocycles. The molecule has 0 saturated carbocycles. The fraction of sp³-hybridized carbons (Fsp3) is 0.250. The van der Waals surface area contributed by atoms with Crippen LogP contribution in [-0.4, -0.2) is 6.54 Å². The van der Waals surface area contributed by atoms with Gasteiger partial charge in [0.05, 0.1) is 5.69 Å². The number of hydrogen-bond donors (Lipinski definition) is 1. The van der Waals surface area contributed by atoms with E-state index >= 15 is 0 Å². The predicted octanol–water partition coefficient (Wildman–Crippen LogP) is 4.14. The molecule has 4 heteroatoms. The Morgan fingerprint density at radius 2 is 1.75 bits per heavy atom. The smallest absolute Gasteiger partial charge is 0.147 e. The molecule has 0 aliphatic heterocycles. The van der Waals surface area contributed by atoms with Crippen LogP contribution in [-0.2, 0) is 0 Å². The summed E-state index contributed by atoms with van der Waals surface area (Å²) in [6.07, 6.45) is 0. The third-order valence-corrected chi connectivity index (χ3v) is 3.24. The van der Waals surface area contributed by atoms with Crippen LogP contribution in [0.2, 0.25) is 0 Å². The number of benzene rings is 2. The Bertz CT molecular complexity index is 580. The van der Waals surface area contributed by atoms with Gasteiger partial charge in [0.15, 0.2) is 0 Å². The lowest BCUT2D eigenvalue weighted by Gasteiger charge is -2.24. The maximum Gasteiger partial charge on any atom is 0.147 e. The molecule has 2 N–H and O–H groups in total. The van der Waals surface area contributed by atoms with Gasteiger partial charge in [-0.2, -0.15) is 0 Å². The molecule has 2 nitrogen and oxygen atoms in total. The number of nitrogens with zero attached hydrogens (tertiary/aromatic N) is 1. The van der Waals surface area contributed by atoms with Gasteiger partial charge in [0.1, 0.15) is 11.6 Å². The summed E-state index contributed by atoms with van der Waals surface area (Å²) in [4.78, 5) is 1.79. The Balaban J connectivity index is 2.39. The van der Waals surface area contributed by atoms with E-state index in [1.165, 1.54) is 18.2 Å². The zero-order chi connectivity index (χ0) is 14.7. The molecule has 0 radical (unpaired) electrons. The topological polar surface area (TPSA) is 29.3 Å². The van der Waals surface area contributed by atoms with E-state index in [0.717, 1.165) is 11.3 Å². The minimum Gasteiger partial charge on any atom is -0.339 e. The van der Waals surface area contributed by atoms with Crippen molar-refractivity contribution >= 4 is 11.4 Å². The first-order valence-electron chi connectivity index (χ1n) is 6.61. The van der Waals surface area contributed by atoms with Crippen LogP contribution in [0.3, 0.4) is 0 Å². The quantitative estimate of drug-likeness (QED) is 0.909. The monoisotopic (exact) mass is 276 g/mol. The summed E-state index contributed by atoms with van der Waals surface area (Å²) in [6.45, 7) is 4.31. The van der Waals surface area contributed by atoms with Crippen molar-refractivity contribution in [1.82, 2.24) is 0 Å². The average Bonchev–Trinajstić information content (AvgIpc) is 2.43. The van der Waals surface area contributed by atoms with Crippen molar-refractivity contribution in [1.29, 1.82) is 0 Å². The van der Waals surface area contributed by atoms with Gasteiger partial charge in [0.2, 0.25) is 0 Å². The molecule has 0 spiro atoms. The van der Waals surface area contributed by atoms with Crippen LogP contribution in [0.25, 0.3) is 0 Å². The first-order chi connectivity index (χ1) is 9.52. The molecule has 106 valence electrons. The van der Waals surface area contributed by atoms with Gasteiger partial charge in [0, 0.05) is 18.3 Å².